The number of amides is 2. The number of piperidine rings is 1. The van der Waals surface area contributed by atoms with Gasteiger partial charge >= 0.3 is 0 Å². The lowest BCUT2D eigenvalue weighted by atomic mass is 10.1. The molecule has 5 nitrogen and oxygen atoms in total. The molecule has 1 aromatic heterocycles. The highest BCUT2D eigenvalue weighted by Crippen LogP contribution is 2.07. The van der Waals surface area contributed by atoms with Crippen molar-refractivity contribution < 1.29 is 9.59 Å². The Kier molecular flexibility index (Phi) is 7.58. The molecule has 7 heteroatoms. The van der Waals surface area contributed by atoms with Crippen LogP contribution in [0.2, 0.25) is 0 Å². The first-order valence-electron chi connectivity index (χ1n) is 6.57. The second-order valence-electron chi connectivity index (χ2n) is 4.57. The molecule has 0 saturated carbocycles. The molecule has 0 aliphatic carbocycles. The van der Waals surface area contributed by atoms with Crippen molar-refractivity contribution in [1.29, 1.82) is 0 Å². The average Bonchev–Trinajstić information content (AvgIpc) is 2.93. The lowest BCUT2D eigenvalue weighted by Crippen LogP contribution is -2.43. The highest BCUT2D eigenvalue weighted by molar-refractivity contribution is 7.12. The fourth-order valence-corrected chi connectivity index (χ4v) is 2.69. The van der Waals surface area contributed by atoms with Gasteiger partial charge in [-0.3, -0.25) is 9.59 Å². The molecule has 1 fully saturated rings. The summed E-state index contributed by atoms with van der Waals surface area (Å²) >= 11 is 1.40. The Morgan fingerprint density at radius 2 is 2.10 bits per heavy atom. The van der Waals surface area contributed by atoms with Gasteiger partial charge in [0, 0.05) is 19.0 Å². The first kappa shape index (κ1) is 16.9. The zero-order valence-electron chi connectivity index (χ0n) is 11.2. The molecule has 3 N–H and O–H groups in total. The van der Waals surface area contributed by atoms with E-state index in [2.05, 4.69) is 16.0 Å². The second-order valence-corrected chi connectivity index (χ2v) is 5.52. The molecule has 1 aromatic rings. The van der Waals surface area contributed by atoms with Crippen LogP contribution >= 0.6 is 23.7 Å². The van der Waals surface area contributed by atoms with Crippen LogP contribution in [0, 0.1) is 0 Å². The van der Waals surface area contributed by atoms with E-state index in [0.717, 1.165) is 25.9 Å². The van der Waals surface area contributed by atoms with Gasteiger partial charge in [0.15, 0.2) is 0 Å². The maximum Gasteiger partial charge on any atom is 0.261 e. The van der Waals surface area contributed by atoms with Crippen LogP contribution in [0.3, 0.4) is 0 Å². The van der Waals surface area contributed by atoms with Crippen LogP contribution < -0.4 is 16.0 Å². The van der Waals surface area contributed by atoms with Gasteiger partial charge in [-0.05, 0) is 37.4 Å². The summed E-state index contributed by atoms with van der Waals surface area (Å²) in [6.45, 7) is 2.30. The smallest absolute Gasteiger partial charge is 0.261 e. The molecule has 2 rings (SSSR count). The number of hydrogen-bond donors (Lipinski definition) is 3. The Hall–Kier alpha value is -1.11. The molecule has 1 saturated heterocycles. The molecule has 0 aromatic carbocycles. The molecule has 1 aliphatic heterocycles. The summed E-state index contributed by atoms with van der Waals surface area (Å²) in [7, 11) is 0. The first-order chi connectivity index (χ1) is 9.25. The largest absolute Gasteiger partial charge is 0.353 e. The number of thiophene rings is 1. The van der Waals surface area contributed by atoms with Crippen LogP contribution in [0.5, 0.6) is 0 Å². The van der Waals surface area contributed by atoms with E-state index in [1.807, 2.05) is 11.4 Å². The van der Waals surface area contributed by atoms with Gasteiger partial charge in [0.2, 0.25) is 5.91 Å². The third-order valence-electron chi connectivity index (χ3n) is 3.09. The lowest BCUT2D eigenvalue weighted by Gasteiger charge is -2.23. The average molecular weight is 318 g/mol. The summed E-state index contributed by atoms with van der Waals surface area (Å²) in [6, 6.07) is 3.89. The van der Waals surface area contributed by atoms with Crippen molar-refractivity contribution >= 4 is 35.6 Å². The fraction of sp³-hybridized carbons (Fsp3) is 0.538. The molecule has 0 radical (unpaired) electrons. The van der Waals surface area contributed by atoms with Crippen molar-refractivity contribution in [3.05, 3.63) is 22.4 Å². The van der Waals surface area contributed by atoms with Crippen molar-refractivity contribution in [3.63, 3.8) is 0 Å². The molecule has 112 valence electrons. The topological polar surface area (TPSA) is 70.2 Å². The Labute approximate surface area is 128 Å². The number of carbonyl (C=O) groups is 2. The van der Waals surface area contributed by atoms with Gasteiger partial charge < -0.3 is 16.0 Å². The van der Waals surface area contributed by atoms with E-state index in [4.69, 9.17) is 0 Å². The maximum absolute atomic E-state index is 11.7. The van der Waals surface area contributed by atoms with Crippen molar-refractivity contribution in [3.8, 4) is 0 Å². The normalized spacial score (nSPS) is 15.2. The number of carbonyl (C=O) groups excluding carboxylic acids is 2. The Bertz CT molecular complexity index is 419. The molecule has 20 heavy (non-hydrogen) atoms. The molecule has 0 atom stereocenters. The first-order valence-corrected chi connectivity index (χ1v) is 7.45. The molecule has 0 unspecified atom stereocenters. The Balaban J connectivity index is 0.00000200. The Morgan fingerprint density at radius 1 is 1.35 bits per heavy atom. The van der Waals surface area contributed by atoms with Crippen molar-refractivity contribution in [2.45, 2.75) is 25.3 Å². The van der Waals surface area contributed by atoms with Crippen LogP contribution in [-0.4, -0.2) is 37.5 Å². The van der Waals surface area contributed by atoms with Crippen molar-refractivity contribution in [2.24, 2.45) is 0 Å². The molecule has 0 spiro atoms. The van der Waals surface area contributed by atoms with Crippen LogP contribution in [0.25, 0.3) is 0 Å². The summed E-state index contributed by atoms with van der Waals surface area (Å²) in [5.74, 6) is -0.0944. The van der Waals surface area contributed by atoms with Crippen LogP contribution in [0.4, 0.5) is 0 Å². The summed E-state index contributed by atoms with van der Waals surface area (Å²) < 4.78 is 0. The quantitative estimate of drug-likeness (QED) is 0.763. The predicted octanol–water partition coefficient (Wildman–Crippen LogP) is 1.16. The number of nitrogens with one attached hydrogen (secondary N) is 3. The molecule has 0 bridgehead atoms. The van der Waals surface area contributed by atoms with E-state index >= 15 is 0 Å². The van der Waals surface area contributed by atoms with Crippen LogP contribution in [-0.2, 0) is 4.79 Å². The van der Waals surface area contributed by atoms with Gasteiger partial charge in [-0.25, -0.2) is 0 Å². The summed E-state index contributed by atoms with van der Waals surface area (Å²) in [4.78, 5) is 24.0. The molecule has 1 aliphatic rings. The minimum atomic E-state index is -0.107. The highest BCUT2D eigenvalue weighted by atomic mass is 35.5. The third-order valence-corrected chi connectivity index (χ3v) is 3.96. The summed E-state index contributed by atoms with van der Waals surface area (Å²) in [6.07, 6.45) is 2.29. The molecule has 2 amide bonds. The molecule has 2 heterocycles. The van der Waals surface area contributed by atoms with E-state index in [1.54, 1.807) is 6.07 Å². The fourth-order valence-electron chi connectivity index (χ4n) is 2.05. The van der Waals surface area contributed by atoms with E-state index < -0.39 is 0 Å². The highest BCUT2D eigenvalue weighted by Gasteiger charge is 2.15. The minimum absolute atomic E-state index is 0. The molecular weight excluding hydrogens is 298 g/mol. The van der Waals surface area contributed by atoms with E-state index in [1.165, 1.54) is 11.3 Å². The minimum Gasteiger partial charge on any atom is -0.353 e. The monoisotopic (exact) mass is 317 g/mol. The number of hydrogen-bond acceptors (Lipinski definition) is 4. The standard InChI is InChI=1S/C13H19N3O2S.ClH/c17-12(16-10-3-6-14-7-4-10)5-8-15-13(18)11-2-1-9-19-11;/h1-2,9-10,14H,3-8H2,(H,15,18)(H,16,17);1H. The predicted molar refractivity (Wildman–Crippen MR) is 82.6 cm³/mol. The third kappa shape index (κ3) is 5.48. The molecular formula is C13H20ClN3O2S. The van der Waals surface area contributed by atoms with E-state index in [0.29, 0.717) is 17.8 Å². The van der Waals surface area contributed by atoms with Gasteiger partial charge in [-0.1, -0.05) is 6.07 Å². The second kappa shape index (κ2) is 8.94. The number of rotatable bonds is 5. The summed E-state index contributed by atoms with van der Waals surface area (Å²) in [5.41, 5.74) is 0. The van der Waals surface area contributed by atoms with E-state index in [9.17, 15) is 9.59 Å². The van der Waals surface area contributed by atoms with Gasteiger partial charge in [0.25, 0.3) is 5.91 Å². The van der Waals surface area contributed by atoms with Gasteiger partial charge in [-0.2, -0.15) is 0 Å². The van der Waals surface area contributed by atoms with Gasteiger partial charge in [-0.15, -0.1) is 23.7 Å². The van der Waals surface area contributed by atoms with E-state index in [-0.39, 0.29) is 30.3 Å². The number of halogens is 1. The zero-order chi connectivity index (χ0) is 13.5. The zero-order valence-corrected chi connectivity index (χ0v) is 12.8. The SMILES string of the molecule is Cl.O=C(CCNC(=O)c1cccs1)NC1CCNCC1. The van der Waals surface area contributed by atoms with Gasteiger partial charge in [0.1, 0.15) is 0 Å². The van der Waals surface area contributed by atoms with Crippen LogP contribution in [0.1, 0.15) is 28.9 Å². The Morgan fingerprint density at radius 3 is 2.75 bits per heavy atom. The van der Waals surface area contributed by atoms with Crippen molar-refractivity contribution in [2.75, 3.05) is 19.6 Å². The van der Waals surface area contributed by atoms with Crippen molar-refractivity contribution in [1.82, 2.24) is 16.0 Å². The van der Waals surface area contributed by atoms with Gasteiger partial charge in [0.05, 0.1) is 4.88 Å². The van der Waals surface area contributed by atoms with Crippen LogP contribution in [0.15, 0.2) is 17.5 Å². The maximum atomic E-state index is 11.7. The summed E-state index contributed by atoms with van der Waals surface area (Å²) in [5, 5.41) is 10.9. The lowest BCUT2D eigenvalue weighted by molar-refractivity contribution is -0.121.